The van der Waals surface area contributed by atoms with Crippen molar-refractivity contribution in [1.29, 1.82) is 0 Å². The standard InChI is InChI=1S/C2Cl2F2OS2/c3-2(4,6)9-8-1(5)7. The first-order valence-electron chi connectivity index (χ1n) is 1.53. The van der Waals surface area contributed by atoms with E-state index in [4.69, 9.17) is 23.2 Å². The number of alkyl halides is 3. The molecule has 0 spiro atoms. The first-order valence-corrected chi connectivity index (χ1v) is 4.44. The number of rotatable bonds is 2. The fourth-order valence-electron chi connectivity index (χ4n) is 0.0800. The normalized spacial score (nSPS) is 11.6. The lowest BCUT2D eigenvalue weighted by molar-refractivity contribution is 0.245. The third-order valence-corrected chi connectivity index (χ3v) is 2.95. The lowest BCUT2D eigenvalue weighted by atomic mass is 11.7. The fraction of sp³-hybridized carbons (Fsp3) is 0.500. The molecule has 54 valence electrons. The van der Waals surface area contributed by atoms with Gasteiger partial charge in [0, 0.05) is 10.8 Å². The van der Waals surface area contributed by atoms with Gasteiger partial charge < -0.3 is 0 Å². The molecule has 0 aliphatic rings. The van der Waals surface area contributed by atoms with Crippen molar-refractivity contribution in [1.82, 2.24) is 0 Å². The van der Waals surface area contributed by atoms with Crippen molar-refractivity contribution in [3.05, 3.63) is 0 Å². The van der Waals surface area contributed by atoms with Gasteiger partial charge in [0.25, 0.3) is 0 Å². The molecule has 7 heteroatoms. The highest BCUT2D eigenvalue weighted by atomic mass is 35.5. The van der Waals surface area contributed by atoms with Gasteiger partial charge in [0.15, 0.2) is 0 Å². The van der Waals surface area contributed by atoms with Crippen molar-refractivity contribution in [2.24, 2.45) is 0 Å². The molecule has 1 nitrogen and oxygen atoms in total. The van der Waals surface area contributed by atoms with Gasteiger partial charge in [-0.25, -0.2) is 4.79 Å². The first-order chi connectivity index (χ1) is 3.92. The molecule has 0 N–H and O–H groups in total. The van der Waals surface area contributed by atoms with Crippen LogP contribution in [0.4, 0.5) is 13.6 Å². The number of carbonyl (C=O) groups excluding carboxylic acids is 1. The van der Waals surface area contributed by atoms with Gasteiger partial charge in [-0.1, -0.05) is 23.2 Å². The summed E-state index contributed by atoms with van der Waals surface area (Å²) in [5, 5.41) is -1.73. The highest BCUT2D eigenvalue weighted by Gasteiger charge is 2.25. The van der Waals surface area contributed by atoms with Crippen molar-refractivity contribution < 1.29 is 13.6 Å². The first kappa shape index (κ1) is 9.81. The van der Waals surface area contributed by atoms with Crippen LogP contribution in [0.5, 0.6) is 0 Å². The molecule has 0 saturated heterocycles. The summed E-state index contributed by atoms with van der Waals surface area (Å²) in [4.78, 5) is 9.48. The zero-order valence-corrected chi connectivity index (χ0v) is 6.88. The minimum absolute atomic E-state index is 0.0104. The van der Waals surface area contributed by atoms with E-state index in [1.54, 1.807) is 0 Å². The average Bonchev–Trinajstić information content (AvgIpc) is 1.59. The van der Waals surface area contributed by atoms with Crippen LogP contribution < -0.4 is 0 Å². The van der Waals surface area contributed by atoms with Crippen LogP contribution in [-0.4, -0.2) is 9.29 Å². The lowest BCUT2D eigenvalue weighted by Gasteiger charge is -2.02. The van der Waals surface area contributed by atoms with E-state index < -0.39 is 9.29 Å². The van der Waals surface area contributed by atoms with Crippen LogP contribution in [0.3, 0.4) is 0 Å². The predicted octanol–water partition coefficient (Wildman–Crippen LogP) is 3.52. The van der Waals surface area contributed by atoms with Gasteiger partial charge in [-0.15, -0.1) is 0 Å². The maximum atomic E-state index is 11.9. The Morgan fingerprint density at radius 1 is 1.56 bits per heavy atom. The Bertz CT molecular complexity index is 114. The lowest BCUT2D eigenvalue weighted by Crippen LogP contribution is -1.92. The number of halogens is 4. The van der Waals surface area contributed by atoms with Gasteiger partial charge >= 0.3 is 9.29 Å². The molecular weight excluding hydrogens is 213 g/mol. The van der Waals surface area contributed by atoms with Crippen LogP contribution in [-0.2, 0) is 0 Å². The molecule has 0 unspecified atom stereocenters. The summed E-state index contributed by atoms with van der Waals surface area (Å²) in [6, 6.07) is 0. The molecule has 0 bridgehead atoms. The number of carbonyl (C=O) groups is 1. The smallest absolute Gasteiger partial charge is 0.247 e. The molecule has 0 amide bonds. The quantitative estimate of drug-likeness (QED) is 0.397. The Morgan fingerprint density at radius 3 is 2.11 bits per heavy atom. The largest absolute Gasteiger partial charge is 0.370 e. The second kappa shape index (κ2) is 3.85. The molecule has 0 rings (SSSR count). The summed E-state index contributed by atoms with van der Waals surface area (Å²) >= 11 is 9.40. The Kier molecular flexibility index (Phi) is 4.20. The third kappa shape index (κ3) is 8.81. The molecule has 0 aliphatic carbocycles. The maximum absolute atomic E-state index is 11.9. The molecule has 0 aromatic rings. The molecule has 0 heterocycles. The zero-order valence-electron chi connectivity index (χ0n) is 3.74. The van der Waals surface area contributed by atoms with Crippen molar-refractivity contribution in [2.45, 2.75) is 3.92 Å². The van der Waals surface area contributed by atoms with E-state index in [2.05, 4.69) is 0 Å². The third-order valence-electron chi connectivity index (χ3n) is 0.202. The highest BCUT2D eigenvalue weighted by molar-refractivity contribution is 8.83. The van der Waals surface area contributed by atoms with E-state index >= 15 is 0 Å². The van der Waals surface area contributed by atoms with Gasteiger partial charge in [0.1, 0.15) is 0 Å². The molecule has 0 aromatic heterocycles. The number of hydrogen-bond acceptors (Lipinski definition) is 3. The van der Waals surface area contributed by atoms with Crippen LogP contribution in [0.25, 0.3) is 0 Å². The molecule has 0 aromatic carbocycles. The van der Waals surface area contributed by atoms with Gasteiger partial charge in [0.2, 0.25) is 0 Å². The van der Waals surface area contributed by atoms with E-state index in [0.29, 0.717) is 0 Å². The summed E-state index contributed by atoms with van der Waals surface area (Å²) in [5.41, 5.74) is 0. The second-order valence-electron chi connectivity index (χ2n) is 0.850. The van der Waals surface area contributed by atoms with E-state index in [1.807, 2.05) is 0 Å². The minimum Gasteiger partial charge on any atom is -0.247 e. The minimum atomic E-state index is -2.60. The van der Waals surface area contributed by atoms with Crippen molar-refractivity contribution >= 4 is 50.2 Å². The Morgan fingerprint density at radius 2 is 2.00 bits per heavy atom. The number of hydrogen-bond donors (Lipinski definition) is 0. The Balaban J connectivity index is 3.39. The molecule has 9 heavy (non-hydrogen) atoms. The van der Waals surface area contributed by atoms with Crippen LogP contribution in [0.15, 0.2) is 0 Å². The monoisotopic (exact) mass is 212 g/mol. The molecule has 0 atom stereocenters. The van der Waals surface area contributed by atoms with E-state index in [9.17, 15) is 13.6 Å². The fourth-order valence-corrected chi connectivity index (χ4v) is 1.29. The SMILES string of the molecule is O=C(F)SSC(F)(Cl)Cl. The van der Waals surface area contributed by atoms with Crippen LogP contribution in [0, 0.1) is 0 Å². The second-order valence-corrected chi connectivity index (χ2v) is 4.75. The molecule has 0 radical (unpaired) electrons. The van der Waals surface area contributed by atoms with Crippen LogP contribution in [0.1, 0.15) is 0 Å². The van der Waals surface area contributed by atoms with Crippen molar-refractivity contribution in [2.75, 3.05) is 0 Å². The van der Waals surface area contributed by atoms with E-state index in [0.717, 1.165) is 0 Å². The average molecular weight is 213 g/mol. The molecule has 0 fully saturated rings. The van der Waals surface area contributed by atoms with Gasteiger partial charge in [-0.05, 0) is 10.8 Å². The predicted molar refractivity (Wildman–Crippen MR) is 37.2 cm³/mol. The van der Waals surface area contributed by atoms with Gasteiger partial charge in [0.05, 0.1) is 0 Å². The van der Waals surface area contributed by atoms with Crippen LogP contribution in [0.2, 0.25) is 0 Å². The van der Waals surface area contributed by atoms with Crippen molar-refractivity contribution in [3.8, 4) is 0 Å². The molecule has 0 aliphatic heterocycles. The summed E-state index contributed by atoms with van der Waals surface area (Å²) < 4.78 is 20.5. The summed E-state index contributed by atoms with van der Waals surface area (Å²) in [6.45, 7) is 0. The molecule has 0 saturated carbocycles. The van der Waals surface area contributed by atoms with E-state index in [1.165, 1.54) is 0 Å². The topological polar surface area (TPSA) is 17.1 Å². The van der Waals surface area contributed by atoms with Gasteiger partial charge in [-0.3, -0.25) is 0 Å². The Labute approximate surface area is 67.8 Å². The Hall–Kier alpha value is 0.810. The van der Waals surface area contributed by atoms with Crippen molar-refractivity contribution in [3.63, 3.8) is 0 Å². The summed E-state index contributed by atoms with van der Waals surface area (Å²) in [7, 11) is 0.108. The van der Waals surface area contributed by atoms with Crippen LogP contribution >= 0.6 is 44.8 Å². The van der Waals surface area contributed by atoms with Gasteiger partial charge in [-0.2, -0.15) is 8.78 Å². The highest BCUT2D eigenvalue weighted by Crippen LogP contribution is 2.44. The summed E-state index contributed by atoms with van der Waals surface area (Å²) in [6.07, 6.45) is 0. The van der Waals surface area contributed by atoms with E-state index in [-0.39, 0.29) is 21.6 Å². The summed E-state index contributed by atoms with van der Waals surface area (Å²) in [5.74, 6) is 0. The molecular formula is C2Cl2F2OS2. The maximum Gasteiger partial charge on any atom is 0.370 e. The zero-order chi connectivity index (χ0) is 7.49.